The minimum atomic E-state index is -1.37. The van der Waals surface area contributed by atoms with Crippen LogP contribution in [0, 0.1) is 5.92 Å². The summed E-state index contributed by atoms with van der Waals surface area (Å²) in [6.45, 7) is 5.60. The lowest BCUT2D eigenvalue weighted by molar-refractivity contribution is -0.137. The van der Waals surface area contributed by atoms with Crippen LogP contribution in [0.4, 0.5) is 5.69 Å². The fourth-order valence-electron chi connectivity index (χ4n) is 2.26. The van der Waals surface area contributed by atoms with Gasteiger partial charge in [0.1, 0.15) is 6.04 Å². The molecule has 0 bridgehead atoms. The second-order valence-corrected chi connectivity index (χ2v) is 6.47. The molecule has 26 heavy (non-hydrogen) atoms. The Hall–Kier alpha value is -1.80. The number of carbonyl (C=O) groups is 1. The molecular formula is C18H28BClN2O4. The SMILES string of the molecule is CC(C)C[C@H](N)B(O)O.C[C@H](Nc1ccc2ccccc2c1)C(=O)O.Cl. The molecule has 0 aliphatic heterocycles. The van der Waals surface area contributed by atoms with Crippen molar-refractivity contribution in [2.75, 3.05) is 5.32 Å². The summed E-state index contributed by atoms with van der Waals surface area (Å²) >= 11 is 0. The molecule has 2 aromatic rings. The van der Waals surface area contributed by atoms with Crippen molar-refractivity contribution >= 4 is 42.0 Å². The molecule has 8 heteroatoms. The summed E-state index contributed by atoms with van der Waals surface area (Å²) in [6, 6.07) is 13.2. The van der Waals surface area contributed by atoms with Crippen LogP contribution in [-0.4, -0.2) is 40.2 Å². The van der Waals surface area contributed by atoms with Gasteiger partial charge < -0.3 is 26.2 Å². The van der Waals surface area contributed by atoms with Crippen molar-refractivity contribution in [3.63, 3.8) is 0 Å². The van der Waals surface area contributed by atoms with Gasteiger partial charge in [-0.15, -0.1) is 12.4 Å². The van der Waals surface area contributed by atoms with E-state index in [1.165, 1.54) is 0 Å². The normalized spacial score (nSPS) is 12.4. The lowest BCUT2D eigenvalue weighted by Crippen LogP contribution is -2.39. The highest BCUT2D eigenvalue weighted by atomic mass is 35.5. The summed E-state index contributed by atoms with van der Waals surface area (Å²) in [7, 11) is -1.37. The Kier molecular flexibility index (Phi) is 10.9. The molecule has 2 atom stereocenters. The van der Waals surface area contributed by atoms with Gasteiger partial charge in [0.2, 0.25) is 0 Å². The number of rotatable bonds is 6. The zero-order valence-corrected chi connectivity index (χ0v) is 16.1. The zero-order chi connectivity index (χ0) is 19.0. The van der Waals surface area contributed by atoms with Crippen molar-refractivity contribution in [2.24, 2.45) is 11.7 Å². The minimum Gasteiger partial charge on any atom is -0.480 e. The molecule has 0 amide bonds. The summed E-state index contributed by atoms with van der Waals surface area (Å²) in [5, 5.41) is 31.0. The number of halogens is 1. The third-order valence-electron chi connectivity index (χ3n) is 3.63. The molecule has 0 spiro atoms. The van der Waals surface area contributed by atoms with E-state index in [9.17, 15) is 4.79 Å². The molecule has 144 valence electrons. The lowest BCUT2D eigenvalue weighted by atomic mass is 9.76. The van der Waals surface area contributed by atoms with Crippen molar-refractivity contribution in [1.29, 1.82) is 0 Å². The van der Waals surface area contributed by atoms with Gasteiger partial charge in [0.25, 0.3) is 0 Å². The van der Waals surface area contributed by atoms with Gasteiger partial charge in [-0.3, -0.25) is 4.79 Å². The number of hydrogen-bond donors (Lipinski definition) is 5. The number of benzene rings is 2. The van der Waals surface area contributed by atoms with E-state index in [2.05, 4.69) is 5.32 Å². The highest BCUT2D eigenvalue weighted by molar-refractivity contribution is 6.43. The average Bonchev–Trinajstić information content (AvgIpc) is 2.54. The Morgan fingerprint density at radius 2 is 1.69 bits per heavy atom. The molecule has 0 fully saturated rings. The highest BCUT2D eigenvalue weighted by Crippen LogP contribution is 2.19. The Bertz CT molecular complexity index is 685. The Morgan fingerprint density at radius 3 is 2.15 bits per heavy atom. The molecule has 2 aromatic carbocycles. The van der Waals surface area contributed by atoms with E-state index < -0.39 is 25.1 Å². The molecule has 0 saturated carbocycles. The van der Waals surface area contributed by atoms with E-state index in [-0.39, 0.29) is 12.4 Å². The van der Waals surface area contributed by atoms with Gasteiger partial charge in [-0.2, -0.15) is 0 Å². The number of nitrogens with two attached hydrogens (primary N) is 1. The molecule has 0 heterocycles. The van der Waals surface area contributed by atoms with Crippen LogP contribution < -0.4 is 11.1 Å². The second kappa shape index (κ2) is 11.7. The quantitative estimate of drug-likeness (QED) is 0.490. The Balaban J connectivity index is 0.000000543. The Morgan fingerprint density at radius 1 is 1.12 bits per heavy atom. The number of hydrogen-bond acceptors (Lipinski definition) is 5. The van der Waals surface area contributed by atoms with Crippen LogP contribution in [0.2, 0.25) is 0 Å². The number of aliphatic carboxylic acids is 1. The first-order chi connectivity index (χ1) is 11.7. The maximum atomic E-state index is 10.7. The van der Waals surface area contributed by atoms with Gasteiger partial charge in [-0.25, -0.2) is 0 Å². The van der Waals surface area contributed by atoms with Crippen LogP contribution in [0.25, 0.3) is 10.8 Å². The van der Waals surface area contributed by atoms with Gasteiger partial charge in [-0.1, -0.05) is 44.2 Å². The molecule has 0 aromatic heterocycles. The average molecular weight is 383 g/mol. The topological polar surface area (TPSA) is 116 Å². The van der Waals surface area contributed by atoms with Crippen LogP contribution >= 0.6 is 12.4 Å². The molecule has 0 radical (unpaired) electrons. The van der Waals surface area contributed by atoms with Crippen molar-refractivity contribution in [2.45, 2.75) is 39.2 Å². The summed E-state index contributed by atoms with van der Waals surface area (Å²) in [5.74, 6) is -0.931. The maximum Gasteiger partial charge on any atom is 0.469 e. The first-order valence-corrected chi connectivity index (χ1v) is 8.30. The molecule has 0 saturated heterocycles. The lowest BCUT2D eigenvalue weighted by Gasteiger charge is -2.11. The number of anilines is 1. The standard InChI is InChI=1S/C13H13NO2.C5H14BNO2.ClH/c1-9(13(15)16)14-12-7-6-10-4-2-3-5-11(10)8-12;1-4(2)3-5(7)6(8)9;/h2-9,14H,1H3,(H,15,16);4-5,8-9H,3,7H2,1-2H3;1H/t9-;5-;/m00./s1. The summed E-state index contributed by atoms with van der Waals surface area (Å²) < 4.78 is 0. The van der Waals surface area contributed by atoms with Crippen molar-refractivity contribution in [3.8, 4) is 0 Å². The second-order valence-electron chi connectivity index (χ2n) is 6.47. The first kappa shape index (κ1) is 24.2. The number of carboxylic acids is 1. The van der Waals surface area contributed by atoms with Crippen molar-refractivity contribution < 1.29 is 19.9 Å². The van der Waals surface area contributed by atoms with E-state index in [0.29, 0.717) is 12.3 Å². The van der Waals surface area contributed by atoms with Crippen LogP contribution in [0.3, 0.4) is 0 Å². The van der Waals surface area contributed by atoms with E-state index in [1.54, 1.807) is 6.92 Å². The van der Waals surface area contributed by atoms with E-state index >= 15 is 0 Å². The van der Waals surface area contributed by atoms with Crippen LogP contribution in [0.1, 0.15) is 27.2 Å². The first-order valence-electron chi connectivity index (χ1n) is 8.30. The van der Waals surface area contributed by atoms with Gasteiger partial charge in [-0.05, 0) is 42.2 Å². The minimum absolute atomic E-state index is 0. The summed E-state index contributed by atoms with van der Waals surface area (Å²) in [5.41, 5.74) is 6.14. The fraction of sp³-hybridized carbons (Fsp3) is 0.389. The molecule has 2 rings (SSSR count). The predicted octanol–water partition coefficient (Wildman–Crippen LogP) is 2.52. The summed E-state index contributed by atoms with van der Waals surface area (Å²) in [4.78, 5) is 10.7. The molecule has 6 nitrogen and oxygen atoms in total. The number of nitrogens with one attached hydrogen (secondary N) is 1. The van der Waals surface area contributed by atoms with E-state index in [1.807, 2.05) is 56.3 Å². The Labute approximate surface area is 161 Å². The fourth-order valence-corrected chi connectivity index (χ4v) is 2.26. The molecular weight excluding hydrogens is 354 g/mol. The van der Waals surface area contributed by atoms with E-state index in [4.69, 9.17) is 20.9 Å². The van der Waals surface area contributed by atoms with Crippen molar-refractivity contribution in [1.82, 2.24) is 0 Å². The largest absolute Gasteiger partial charge is 0.480 e. The third kappa shape index (κ3) is 8.53. The third-order valence-corrected chi connectivity index (χ3v) is 3.63. The van der Waals surface area contributed by atoms with Crippen LogP contribution in [-0.2, 0) is 4.79 Å². The predicted molar refractivity (Wildman–Crippen MR) is 110 cm³/mol. The van der Waals surface area contributed by atoms with Gasteiger partial charge in [0, 0.05) is 11.6 Å². The zero-order valence-electron chi connectivity index (χ0n) is 15.3. The molecule has 0 unspecified atom stereocenters. The smallest absolute Gasteiger partial charge is 0.469 e. The maximum absolute atomic E-state index is 10.7. The number of fused-ring (bicyclic) bond motifs is 1. The van der Waals surface area contributed by atoms with Gasteiger partial charge in [0.15, 0.2) is 0 Å². The molecule has 0 aliphatic rings. The van der Waals surface area contributed by atoms with Crippen LogP contribution in [0.5, 0.6) is 0 Å². The van der Waals surface area contributed by atoms with E-state index in [0.717, 1.165) is 16.5 Å². The molecule has 6 N–H and O–H groups in total. The van der Waals surface area contributed by atoms with Gasteiger partial charge >= 0.3 is 13.1 Å². The number of carboxylic acid groups (broad SMARTS) is 1. The van der Waals surface area contributed by atoms with Crippen molar-refractivity contribution in [3.05, 3.63) is 42.5 Å². The van der Waals surface area contributed by atoms with Gasteiger partial charge in [0.05, 0.1) is 0 Å². The highest BCUT2D eigenvalue weighted by Gasteiger charge is 2.18. The monoisotopic (exact) mass is 382 g/mol. The van der Waals surface area contributed by atoms with Crippen LogP contribution in [0.15, 0.2) is 42.5 Å². The summed E-state index contributed by atoms with van der Waals surface area (Å²) in [6.07, 6.45) is 0.650. The molecule has 0 aliphatic carbocycles.